The predicted octanol–water partition coefficient (Wildman–Crippen LogP) is 2.97. The molecule has 0 saturated heterocycles. The summed E-state index contributed by atoms with van der Waals surface area (Å²) in [6.45, 7) is 2.23. The molecule has 1 heterocycles. The SMILES string of the molecule is Cc1ccc2cc(COI)c(=O)oc2c1. The molecule has 0 fully saturated rings. The van der Waals surface area contributed by atoms with Crippen molar-refractivity contribution in [2.24, 2.45) is 0 Å². The number of hydrogen-bond donors (Lipinski definition) is 0. The van der Waals surface area contributed by atoms with E-state index < -0.39 is 0 Å². The summed E-state index contributed by atoms with van der Waals surface area (Å²) in [6, 6.07) is 7.58. The average Bonchev–Trinajstić information content (AvgIpc) is 2.20. The number of halogens is 1. The molecule has 15 heavy (non-hydrogen) atoms. The van der Waals surface area contributed by atoms with Gasteiger partial charge in [0.2, 0.25) is 0 Å². The second-order valence-corrected chi connectivity index (χ2v) is 3.98. The summed E-state index contributed by atoms with van der Waals surface area (Å²) < 4.78 is 10.1. The third-order valence-electron chi connectivity index (χ3n) is 2.17. The van der Waals surface area contributed by atoms with E-state index in [9.17, 15) is 4.79 Å². The lowest BCUT2D eigenvalue weighted by Gasteiger charge is -2.00. The first kappa shape index (κ1) is 10.6. The molecular weight excluding hydrogens is 307 g/mol. The Bertz CT molecular complexity index is 545. The van der Waals surface area contributed by atoms with Gasteiger partial charge in [0, 0.05) is 5.39 Å². The molecule has 1 aromatic carbocycles. The second-order valence-electron chi connectivity index (χ2n) is 3.35. The van der Waals surface area contributed by atoms with Crippen LogP contribution >= 0.6 is 23.0 Å². The molecule has 0 aliphatic rings. The van der Waals surface area contributed by atoms with Crippen molar-refractivity contribution in [1.29, 1.82) is 0 Å². The van der Waals surface area contributed by atoms with Crippen LogP contribution in [0, 0.1) is 6.92 Å². The number of aryl methyl sites for hydroxylation is 1. The molecule has 0 unspecified atom stereocenters. The molecular formula is C11H9IO3. The summed E-state index contributed by atoms with van der Waals surface area (Å²) in [5.74, 6) is 0. The minimum absolute atomic E-state index is 0.271. The van der Waals surface area contributed by atoms with E-state index in [2.05, 4.69) is 0 Å². The van der Waals surface area contributed by atoms with Gasteiger partial charge in [-0.2, -0.15) is 0 Å². The topological polar surface area (TPSA) is 39.4 Å². The van der Waals surface area contributed by atoms with Crippen LogP contribution in [0.5, 0.6) is 0 Å². The van der Waals surface area contributed by atoms with Gasteiger partial charge >= 0.3 is 5.63 Å². The van der Waals surface area contributed by atoms with Crippen LogP contribution in [-0.2, 0) is 9.67 Å². The lowest BCUT2D eigenvalue weighted by molar-refractivity contribution is 0.404. The molecule has 4 heteroatoms. The van der Waals surface area contributed by atoms with Crippen LogP contribution in [0.4, 0.5) is 0 Å². The summed E-state index contributed by atoms with van der Waals surface area (Å²) in [7, 11) is 0. The molecule has 1 aromatic heterocycles. The second kappa shape index (κ2) is 4.32. The molecule has 78 valence electrons. The van der Waals surface area contributed by atoms with Gasteiger partial charge in [0.15, 0.2) is 0 Å². The molecule has 0 atom stereocenters. The van der Waals surface area contributed by atoms with Gasteiger partial charge in [0.25, 0.3) is 0 Å². The quantitative estimate of drug-likeness (QED) is 0.632. The van der Waals surface area contributed by atoms with E-state index in [4.69, 9.17) is 7.48 Å². The fraction of sp³-hybridized carbons (Fsp3) is 0.182. The average molecular weight is 316 g/mol. The van der Waals surface area contributed by atoms with Crippen LogP contribution in [0.3, 0.4) is 0 Å². The molecule has 0 bridgehead atoms. The van der Waals surface area contributed by atoms with Crippen LogP contribution < -0.4 is 5.63 Å². The molecule has 0 spiro atoms. The Kier molecular flexibility index (Phi) is 3.06. The van der Waals surface area contributed by atoms with Crippen molar-refractivity contribution < 1.29 is 7.48 Å². The van der Waals surface area contributed by atoms with Crippen molar-refractivity contribution in [1.82, 2.24) is 0 Å². The maximum absolute atomic E-state index is 11.5. The van der Waals surface area contributed by atoms with E-state index in [1.165, 1.54) is 0 Å². The molecule has 0 saturated carbocycles. The Hall–Kier alpha value is -0.880. The van der Waals surface area contributed by atoms with Gasteiger partial charge in [-0.05, 0) is 24.6 Å². The van der Waals surface area contributed by atoms with Crippen LogP contribution in [0.15, 0.2) is 33.5 Å². The number of rotatable bonds is 2. The first-order valence-electron chi connectivity index (χ1n) is 4.47. The Morgan fingerprint density at radius 3 is 2.93 bits per heavy atom. The van der Waals surface area contributed by atoms with Gasteiger partial charge in [0.05, 0.1) is 12.2 Å². The van der Waals surface area contributed by atoms with Gasteiger partial charge in [-0.3, -0.25) is 0 Å². The smallest absolute Gasteiger partial charge is 0.341 e. The van der Waals surface area contributed by atoms with Crippen LogP contribution in [-0.4, -0.2) is 0 Å². The molecule has 2 rings (SSSR count). The highest BCUT2D eigenvalue weighted by atomic mass is 127. The van der Waals surface area contributed by atoms with Gasteiger partial charge < -0.3 is 7.48 Å². The maximum atomic E-state index is 11.5. The highest BCUT2D eigenvalue weighted by Crippen LogP contribution is 2.15. The summed E-state index contributed by atoms with van der Waals surface area (Å²) in [5.41, 5.74) is 1.91. The highest BCUT2D eigenvalue weighted by molar-refractivity contribution is 14.1. The molecule has 2 aromatic rings. The highest BCUT2D eigenvalue weighted by Gasteiger charge is 2.04. The van der Waals surface area contributed by atoms with Crippen molar-refractivity contribution in [3.05, 3.63) is 45.8 Å². The molecule has 0 aliphatic heterocycles. The van der Waals surface area contributed by atoms with E-state index in [1.54, 1.807) is 29.1 Å². The van der Waals surface area contributed by atoms with E-state index in [0.29, 0.717) is 11.1 Å². The third-order valence-corrected chi connectivity index (χ3v) is 2.49. The number of fused-ring (bicyclic) bond motifs is 1. The van der Waals surface area contributed by atoms with Crippen LogP contribution in [0.2, 0.25) is 0 Å². The lowest BCUT2D eigenvalue weighted by atomic mass is 10.1. The first-order valence-corrected chi connectivity index (χ1v) is 5.36. The number of hydrogen-bond acceptors (Lipinski definition) is 3. The predicted molar refractivity (Wildman–Crippen MR) is 66.0 cm³/mol. The van der Waals surface area contributed by atoms with Gasteiger partial charge in [-0.25, -0.2) is 4.79 Å². The minimum atomic E-state index is -0.329. The molecule has 0 amide bonds. The summed E-state index contributed by atoms with van der Waals surface area (Å²) in [5, 5.41) is 0.920. The zero-order valence-corrected chi connectivity index (χ0v) is 10.3. The third kappa shape index (κ3) is 2.21. The standard InChI is InChI=1S/C11H9IO3/c1-7-2-3-8-5-9(6-14-12)11(13)15-10(8)4-7/h2-5H,6H2,1H3. The molecule has 0 aliphatic carbocycles. The molecule has 3 nitrogen and oxygen atoms in total. The monoisotopic (exact) mass is 316 g/mol. The van der Waals surface area contributed by atoms with E-state index in [-0.39, 0.29) is 12.2 Å². The summed E-state index contributed by atoms with van der Waals surface area (Å²) in [4.78, 5) is 11.5. The fourth-order valence-electron chi connectivity index (χ4n) is 1.42. The minimum Gasteiger partial charge on any atom is -0.422 e. The Labute approximate surface area is 101 Å². The van der Waals surface area contributed by atoms with E-state index >= 15 is 0 Å². The van der Waals surface area contributed by atoms with Crippen molar-refractivity contribution >= 4 is 34.0 Å². The zero-order valence-electron chi connectivity index (χ0n) is 8.12. The first-order chi connectivity index (χ1) is 7.20. The largest absolute Gasteiger partial charge is 0.422 e. The van der Waals surface area contributed by atoms with Crippen LogP contribution in [0.25, 0.3) is 11.0 Å². The van der Waals surface area contributed by atoms with E-state index in [0.717, 1.165) is 10.9 Å². The fourth-order valence-corrected chi connectivity index (χ4v) is 1.76. The van der Waals surface area contributed by atoms with Gasteiger partial charge in [-0.15, -0.1) is 0 Å². The Morgan fingerprint density at radius 2 is 2.20 bits per heavy atom. The van der Waals surface area contributed by atoms with Crippen molar-refractivity contribution in [3.8, 4) is 0 Å². The van der Waals surface area contributed by atoms with Crippen molar-refractivity contribution in [2.45, 2.75) is 13.5 Å². The van der Waals surface area contributed by atoms with Gasteiger partial charge in [-0.1, -0.05) is 12.1 Å². The van der Waals surface area contributed by atoms with E-state index in [1.807, 2.05) is 25.1 Å². The van der Waals surface area contributed by atoms with Crippen molar-refractivity contribution in [3.63, 3.8) is 0 Å². The Balaban J connectivity index is 2.65. The summed E-state index contributed by atoms with van der Waals surface area (Å²) in [6.07, 6.45) is 0. The van der Waals surface area contributed by atoms with Gasteiger partial charge in [0.1, 0.15) is 28.6 Å². The zero-order chi connectivity index (χ0) is 10.8. The van der Waals surface area contributed by atoms with Crippen LogP contribution in [0.1, 0.15) is 11.1 Å². The summed E-state index contributed by atoms with van der Waals surface area (Å²) >= 11 is 1.76. The maximum Gasteiger partial charge on any atom is 0.341 e. The molecule has 0 N–H and O–H groups in total. The van der Waals surface area contributed by atoms with Crippen molar-refractivity contribution in [2.75, 3.05) is 0 Å². The molecule has 0 radical (unpaired) electrons. The lowest BCUT2D eigenvalue weighted by Crippen LogP contribution is -2.06. The normalized spacial score (nSPS) is 10.8. The number of benzene rings is 1. The Morgan fingerprint density at radius 1 is 1.40 bits per heavy atom.